The number of hydrogen-bond acceptors (Lipinski definition) is 4. The van der Waals surface area contributed by atoms with Crippen molar-refractivity contribution in [3.05, 3.63) is 65.3 Å². The van der Waals surface area contributed by atoms with E-state index in [4.69, 9.17) is 0 Å². The molecule has 4 nitrogen and oxygen atoms in total. The lowest BCUT2D eigenvalue weighted by atomic mass is 10.2. The van der Waals surface area contributed by atoms with Crippen molar-refractivity contribution in [1.82, 2.24) is 14.4 Å². The van der Waals surface area contributed by atoms with E-state index in [1.54, 1.807) is 12.1 Å². The SMILES string of the molecule is FC(F)(F)c1ccc(Nc2nc(-c3c(C(F)(F)F)nc4ccccn34)cs2)cc1. The Bertz CT molecular complexity index is 1160. The number of imidazole rings is 1. The molecule has 0 spiro atoms. The molecule has 0 bridgehead atoms. The van der Waals surface area contributed by atoms with Crippen molar-refractivity contribution < 1.29 is 26.3 Å². The summed E-state index contributed by atoms with van der Waals surface area (Å²) in [6, 6.07) is 8.86. The first-order valence-electron chi connectivity index (χ1n) is 8.07. The number of aromatic nitrogens is 3. The molecule has 1 aromatic carbocycles. The summed E-state index contributed by atoms with van der Waals surface area (Å²) < 4.78 is 79.6. The molecule has 0 atom stereocenters. The average Bonchev–Trinajstić information content (AvgIpc) is 3.25. The van der Waals surface area contributed by atoms with Crippen LogP contribution in [0.1, 0.15) is 11.3 Å². The number of halogens is 6. The van der Waals surface area contributed by atoms with E-state index in [9.17, 15) is 26.3 Å². The number of alkyl halides is 6. The second-order valence-electron chi connectivity index (χ2n) is 5.97. The Morgan fingerprint density at radius 1 is 0.862 bits per heavy atom. The fraction of sp³-hybridized carbons (Fsp3) is 0.111. The Labute approximate surface area is 163 Å². The maximum Gasteiger partial charge on any atom is 0.435 e. The molecule has 0 unspecified atom stereocenters. The number of thiazole rings is 1. The van der Waals surface area contributed by atoms with Crippen molar-refractivity contribution in [2.24, 2.45) is 0 Å². The molecule has 0 amide bonds. The lowest BCUT2D eigenvalue weighted by molar-refractivity contribution is -0.140. The van der Waals surface area contributed by atoms with Gasteiger partial charge in [0, 0.05) is 17.3 Å². The largest absolute Gasteiger partial charge is 0.435 e. The summed E-state index contributed by atoms with van der Waals surface area (Å²) in [4.78, 5) is 7.83. The molecule has 0 saturated carbocycles. The molecular weight excluding hydrogens is 418 g/mol. The van der Waals surface area contributed by atoms with Crippen LogP contribution in [0.5, 0.6) is 0 Å². The summed E-state index contributed by atoms with van der Waals surface area (Å²) in [6.07, 6.45) is -7.68. The van der Waals surface area contributed by atoms with Gasteiger partial charge in [0.05, 0.1) is 5.56 Å². The van der Waals surface area contributed by atoms with Crippen molar-refractivity contribution in [3.63, 3.8) is 0 Å². The first-order chi connectivity index (χ1) is 13.6. The molecule has 0 aliphatic rings. The van der Waals surface area contributed by atoms with Crippen molar-refractivity contribution >= 4 is 27.8 Å². The van der Waals surface area contributed by atoms with E-state index in [0.717, 1.165) is 23.5 Å². The van der Waals surface area contributed by atoms with E-state index in [0.29, 0.717) is 5.69 Å². The topological polar surface area (TPSA) is 42.2 Å². The summed E-state index contributed by atoms with van der Waals surface area (Å²) in [5, 5.41) is 4.46. The number of nitrogens with one attached hydrogen (secondary N) is 1. The Hall–Kier alpha value is -3.08. The molecular formula is C18H10F6N4S. The van der Waals surface area contributed by atoms with Crippen LogP contribution >= 0.6 is 11.3 Å². The Kier molecular flexibility index (Phi) is 4.49. The Morgan fingerprint density at radius 2 is 1.59 bits per heavy atom. The van der Waals surface area contributed by atoms with Crippen molar-refractivity contribution in [1.29, 1.82) is 0 Å². The molecule has 3 aromatic heterocycles. The maximum absolute atomic E-state index is 13.5. The highest BCUT2D eigenvalue weighted by Gasteiger charge is 2.39. The zero-order valence-electron chi connectivity index (χ0n) is 14.2. The molecule has 0 aliphatic heterocycles. The van der Waals surface area contributed by atoms with Gasteiger partial charge in [0.2, 0.25) is 0 Å². The average molecular weight is 428 g/mol. The van der Waals surface area contributed by atoms with Gasteiger partial charge in [-0.1, -0.05) is 6.07 Å². The number of anilines is 2. The number of fused-ring (bicyclic) bond motifs is 1. The van der Waals surface area contributed by atoms with Crippen LogP contribution in [0.15, 0.2) is 54.0 Å². The quantitative estimate of drug-likeness (QED) is 0.393. The van der Waals surface area contributed by atoms with E-state index < -0.39 is 23.6 Å². The number of rotatable bonds is 3. The normalized spacial score (nSPS) is 12.5. The zero-order chi connectivity index (χ0) is 20.8. The van der Waals surface area contributed by atoms with Crippen LogP contribution in [0.4, 0.5) is 37.2 Å². The monoisotopic (exact) mass is 428 g/mol. The van der Waals surface area contributed by atoms with Crippen molar-refractivity contribution in [3.8, 4) is 11.4 Å². The number of pyridine rings is 1. The molecule has 0 radical (unpaired) electrons. The first kappa shape index (κ1) is 19.2. The molecule has 0 fully saturated rings. The highest BCUT2D eigenvalue weighted by Crippen LogP contribution is 2.38. The smallest absolute Gasteiger partial charge is 0.332 e. The predicted octanol–water partition coefficient (Wildman–Crippen LogP) is 6.24. The van der Waals surface area contributed by atoms with Crippen LogP contribution in [0, 0.1) is 0 Å². The van der Waals surface area contributed by atoms with Crippen molar-refractivity contribution in [2.45, 2.75) is 12.4 Å². The second kappa shape index (κ2) is 6.76. The van der Waals surface area contributed by atoms with Gasteiger partial charge >= 0.3 is 12.4 Å². The lowest BCUT2D eigenvalue weighted by Gasteiger charge is -2.08. The highest BCUT2D eigenvalue weighted by molar-refractivity contribution is 7.14. The fourth-order valence-corrected chi connectivity index (χ4v) is 3.46. The van der Waals surface area contributed by atoms with Gasteiger partial charge in [0.25, 0.3) is 0 Å². The van der Waals surface area contributed by atoms with Gasteiger partial charge in [-0.2, -0.15) is 26.3 Å². The van der Waals surface area contributed by atoms with E-state index >= 15 is 0 Å². The zero-order valence-corrected chi connectivity index (χ0v) is 15.0. The Morgan fingerprint density at radius 3 is 2.24 bits per heavy atom. The van der Waals surface area contributed by atoms with Gasteiger partial charge in [-0.05, 0) is 36.4 Å². The fourth-order valence-electron chi connectivity index (χ4n) is 2.74. The minimum absolute atomic E-state index is 0.0513. The van der Waals surface area contributed by atoms with E-state index in [1.165, 1.54) is 34.2 Å². The van der Waals surface area contributed by atoms with Crippen LogP contribution in [-0.2, 0) is 12.4 Å². The van der Waals surface area contributed by atoms with Crippen LogP contribution in [0.3, 0.4) is 0 Å². The third-order valence-corrected chi connectivity index (χ3v) is 4.77. The van der Waals surface area contributed by atoms with Gasteiger partial charge in [-0.25, -0.2) is 9.97 Å². The molecule has 0 saturated heterocycles. The molecule has 4 rings (SSSR count). The maximum atomic E-state index is 13.5. The lowest BCUT2D eigenvalue weighted by Crippen LogP contribution is -2.08. The van der Waals surface area contributed by atoms with Crippen LogP contribution in [-0.4, -0.2) is 14.4 Å². The second-order valence-corrected chi connectivity index (χ2v) is 6.83. The number of hydrogen-bond donors (Lipinski definition) is 1. The molecule has 1 N–H and O–H groups in total. The summed E-state index contributed by atoms with van der Waals surface area (Å²) in [5.74, 6) is 0. The van der Waals surface area contributed by atoms with Gasteiger partial charge in [0.1, 0.15) is 17.0 Å². The van der Waals surface area contributed by atoms with Crippen molar-refractivity contribution in [2.75, 3.05) is 5.32 Å². The third kappa shape index (κ3) is 3.77. The van der Waals surface area contributed by atoms with E-state index in [2.05, 4.69) is 15.3 Å². The number of nitrogens with zero attached hydrogens (tertiary/aromatic N) is 3. The van der Waals surface area contributed by atoms with Gasteiger partial charge in [-0.15, -0.1) is 11.3 Å². The van der Waals surface area contributed by atoms with Gasteiger partial charge in [-0.3, -0.25) is 4.40 Å². The third-order valence-electron chi connectivity index (χ3n) is 4.01. The van der Waals surface area contributed by atoms with E-state index in [1.807, 2.05) is 0 Å². The first-order valence-corrected chi connectivity index (χ1v) is 8.95. The van der Waals surface area contributed by atoms with Crippen LogP contribution in [0.25, 0.3) is 17.0 Å². The minimum Gasteiger partial charge on any atom is -0.332 e. The summed E-state index contributed by atoms with van der Waals surface area (Å²) in [5.41, 5.74) is -1.56. The molecule has 150 valence electrons. The molecule has 4 aromatic rings. The summed E-state index contributed by atoms with van der Waals surface area (Å²) >= 11 is 1.03. The molecule has 0 aliphatic carbocycles. The predicted molar refractivity (Wildman–Crippen MR) is 96.0 cm³/mol. The highest BCUT2D eigenvalue weighted by atomic mass is 32.1. The molecule has 11 heteroatoms. The van der Waals surface area contributed by atoms with Crippen LogP contribution in [0.2, 0.25) is 0 Å². The standard InChI is InChI=1S/C18H10F6N4S/c19-17(20,21)10-4-6-11(7-5-10)25-16-26-12(9-29-16)14-15(18(22,23)24)27-13-3-1-2-8-28(13)14/h1-9H,(H,25,26). The minimum atomic E-state index is -4.67. The van der Waals surface area contributed by atoms with Gasteiger partial charge < -0.3 is 5.32 Å². The number of benzene rings is 1. The summed E-state index contributed by atoms with van der Waals surface area (Å²) in [7, 11) is 0. The van der Waals surface area contributed by atoms with E-state index in [-0.39, 0.29) is 22.2 Å². The van der Waals surface area contributed by atoms with Crippen LogP contribution < -0.4 is 5.32 Å². The summed E-state index contributed by atoms with van der Waals surface area (Å²) in [6.45, 7) is 0. The molecule has 3 heterocycles. The van der Waals surface area contributed by atoms with Gasteiger partial charge in [0.15, 0.2) is 10.8 Å². The Balaban J connectivity index is 1.68. The molecule has 29 heavy (non-hydrogen) atoms.